The maximum absolute atomic E-state index is 12.4. The van der Waals surface area contributed by atoms with E-state index in [0.29, 0.717) is 10.7 Å². The molecule has 0 bridgehead atoms. The fourth-order valence-corrected chi connectivity index (χ4v) is 2.71. The lowest BCUT2D eigenvalue weighted by Gasteiger charge is -2.21. The molecule has 23 heavy (non-hydrogen) atoms. The normalized spacial score (nSPS) is 12.0. The van der Waals surface area contributed by atoms with Gasteiger partial charge in [-0.05, 0) is 31.4 Å². The van der Waals surface area contributed by atoms with Gasteiger partial charge in [-0.1, -0.05) is 43.4 Å². The van der Waals surface area contributed by atoms with Crippen molar-refractivity contribution in [2.24, 2.45) is 5.92 Å². The summed E-state index contributed by atoms with van der Waals surface area (Å²) in [5.41, 5.74) is 1.44. The first-order valence-corrected chi connectivity index (χ1v) is 8.17. The van der Waals surface area contributed by atoms with Gasteiger partial charge in [0, 0.05) is 5.56 Å². The summed E-state index contributed by atoms with van der Waals surface area (Å²) in [6.45, 7) is 7.44. The number of amides is 2. The van der Waals surface area contributed by atoms with E-state index in [0.717, 1.165) is 10.6 Å². The Balaban J connectivity index is 2.10. The average Bonchev–Trinajstić information content (AvgIpc) is 2.89. The highest BCUT2D eigenvalue weighted by Crippen LogP contribution is 2.15. The number of nitrogens with one attached hydrogen (secondary N) is 2. The summed E-state index contributed by atoms with van der Waals surface area (Å²) in [4.78, 5) is 24.9. The van der Waals surface area contributed by atoms with Crippen molar-refractivity contribution in [2.75, 3.05) is 5.32 Å². The van der Waals surface area contributed by atoms with Gasteiger partial charge in [-0.2, -0.15) is 0 Å². The third-order valence-electron chi connectivity index (χ3n) is 3.38. The topological polar surface area (TPSA) is 84.0 Å². The molecule has 2 N–H and O–H groups in total. The molecule has 1 aromatic carbocycles. The van der Waals surface area contributed by atoms with Gasteiger partial charge < -0.3 is 5.32 Å². The summed E-state index contributed by atoms with van der Waals surface area (Å²) in [7, 11) is 0. The van der Waals surface area contributed by atoms with Gasteiger partial charge in [-0.3, -0.25) is 14.9 Å². The first-order valence-electron chi connectivity index (χ1n) is 7.36. The van der Waals surface area contributed by atoms with Crippen LogP contribution in [0.25, 0.3) is 0 Å². The van der Waals surface area contributed by atoms with Crippen molar-refractivity contribution in [3.05, 3.63) is 40.4 Å². The zero-order valence-electron chi connectivity index (χ0n) is 13.6. The Bertz CT molecular complexity index is 712. The lowest BCUT2D eigenvalue weighted by Crippen LogP contribution is -2.47. The number of hydrogen-bond acceptors (Lipinski definition) is 5. The Morgan fingerprint density at radius 1 is 1.13 bits per heavy atom. The summed E-state index contributed by atoms with van der Waals surface area (Å²) in [6.07, 6.45) is 0. The minimum Gasteiger partial charge on any atom is -0.340 e. The number of benzene rings is 1. The van der Waals surface area contributed by atoms with Crippen LogP contribution in [-0.2, 0) is 4.79 Å². The predicted molar refractivity (Wildman–Crippen MR) is 90.5 cm³/mol. The van der Waals surface area contributed by atoms with E-state index in [4.69, 9.17) is 0 Å². The van der Waals surface area contributed by atoms with Gasteiger partial charge in [-0.15, -0.1) is 10.2 Å². The van der Waals surface area contributed by atoms with Crippen molar-refractivity contribution in [2.45, 2.75) is 33.7 Å². The van der Waals surface area contributed by atoms with Gasteiger partial charge in [0.15, 0.2) is 0 Å². The Morgan fingerprint density at radius 3 is 2.39 bits per heavy atom. The predicted octanol–water partition coefficient (Wildman–Crippen LogP) is 2.55. The maximum atomic E-state index is 12.4. The van der Waals surface area contributed by atoms with Gasteiger partial charge in [-0.25, -0.2) is 0 Å². The van der Waals surface area contributed by atoms with Gasteiger partial charge in [0.25, 0.3) is 5.91 Å². The van der Waals surface area contributed by atoms with E-state index in [2.05, 4.69) is 20.8 Å². The molecule has 0 saturated carbocycles. The molecule has 1 unspecified atom stereocenters. The molecule has 122 valence electrons. The number of anilines is 1. The molecule has 2 amide bonds. The standard InChI is InChI=1S/C16H20N4O2S/c1-9(2)13(15(22)18-16-20-19-11(4)23-16)17-14(21)12-8-6-5-7-10(12)3/h5-9,13H,1-4H3,(H,17,21)(H,18,20,22). The smallest absolute Gasteiger partial charge is 0.252 e. The van der Waals surface area contributed by atoms with E-state index in [-0.39, 0.29) is 17.7 Å². The Hall–Kier alpha value is -2.28. The minimum atomic E-state index is -0.647. The molecule has 0 radical (unpaired) electrons. The average molecular weight is 332 g/mol. The van der Waals surface area contributed by atoms with Gasteiger partial charge in [0.05, 0.1) is 0 Å². The lowest BCUT2D eigenvalue weighted by atomic mass is 10.0. The van der Waals surface area contributed by atoms with Crippen LogP contribution in [-0.4, -0.2) is 28.1 Å². The summed E-state index contributed by atoms with van der Waals surface area (Å²) >= 11 is 1.30. The Kier molecular flexibility index (Phi) is 5.44. The molecular formula is C16H20N4O2S. The van der Waals surface area contributed by atoms with Crippen LogP contribution in [0.1, 0.15) is 34.8 Å². The minimum absolute atomic E-state index is 0.0583. The fraction of sp³-hybridized carbons (Fsp3) is 0.375. The first-order chi connectivity index (χ1) is 10.9. The maximum Gasteiger partial charge on any atom is 0.252 e. The molecule has 0 fully saturated rings. The molecule has 0 aliphatic carbocycles. The van der Waals surface area contributed by atoms with E-state index < -0.39 is 6.04 Å². The fourth-order valence-electron chi connectivity index (χ4n) is 2.11. The molecule has 0 aliphatic heterocycles. The van der Waals surface area contributed by atoms with Crippen LogP contribution in [0.15, 0.2) is 24.3 Å². The molecule has 1 heterocycles. The van der Waals surface area contributed by atoms with E-state index >= 15 is 0 Å². The van der Waals surface area contributed by atoms with Crippen LogP contribution >= 0.6 is 11.3 Å². The van der Waals surface area contributed by atoms with Gasteiger partial charge >= 0.3 is 0 Å². The molecule has 0 saturated heterocycles. The molecule has 1 atom stereocenters. The molecule has 0 spiro atoms. The van der Waals surface area contributed by atoms with E-state index in [1.165, 1.54) is 11.3 Å². The zero-order chi connectivity index (χ0) is 17.0. The molecule has 2 rings (SSSR count). The molecule has 6 nitrogen and oxygen atoms in total. The summed E-state index contributed by atoms with van der Waals surface area (Å²) < 4.78 is 0. The quantitative estimate of drug-likeness (QED) is 0.881. The molecular weight excluding hydrogens is 312 g/mol. The van der Waals surface area contributed by atoms with E-state index in [1.54, 1.807) is 12.1 Å². The Morgan fingerprint density at radius 2 is 1.83 bits per heavy atom. The number of carbonyl (C=O) groups is 2. The number of rotatable bonds is 5. The summed E-state index contributed by atoms with van der Waals surface area (Å²) in [5.74, 6) is -0.611. The molecule has 0 aliphatic rings. The highest BCUT2D eigenvalue weighted by atomic mass is 32.1. The van der Waals surface area contributed by atoms with Crippen molar-refractivity contribution in [1.29, 1.82) is 0 Å². The lowest BCUT2D eigenvalue weighted by molar-refractivity contribution is -0.118. The van der Waals surface area contributed by atoms with Crippen LogP contribution < -0.4 is 10.6 Å². The first kappa shape index (κ1) is 17.1. The number of nitrogens with zero attached hydrogens (tertiary/aromatic N) is 2. The monoisotopic (exact) mass is 332 g/mol. The van der Waals surface area contributed by atoms with Crippen LogP contribution in [0.5, 0.6) is 0 Å². The van der Waals surface area contributed by atoms with Crippen molar-refractivity contribution < 1.29 is 9.59 Å². The van der Waals surface area contributed by atoms with Crippen LogP contribution in [0, 0.1) is 19.8 Å². The van der Waals surface area contributed by atoms with Crippen LogP contribution in [0.2, 0.25) is 0 Å². The summed E-state index contributed by atoms with van der Waals surface area (Å²) in [5, 5.41) is 14.4. The zero-order valence-corrected chi connectivity index (χ0v) is 14.4. The highest BCUT2D eigenvalue weighted by Gasteiger charge is 2.26. The highest BCUT2D eigenvalue weighted by molar-refractivity contribution is 7.15. The van der Waals surface area contributed by atoms with Crippen LogP contribution in [0.4, 0.5) is 5.13 Å². The van der Waals surface area contributed by atoms with E-state index in [9.17, 15) is 9.59 Å². The number of carbonyl (C=O) groups excluding carboxylic acids is 2. The van der Waals surface area contributed by atoms with Gasteiger partial charge in [0.1, 0.15) is 11.0 Å². The third-order valence-corrected chi connectivity index (χ3v) is 4.14. The number of aromatic nitrogens is 2. The third kappa shape index (κ3) is 4.35. The van der Waals surface area contributed by atoms with Crippen molar-refractivity contribution in [3.63, 3.8) is 0 Å². The Labute approximate surface area is 139 Å². The second-order valence-electron chi connectivity index (χ2n) is 5.63. The van der Waals surface area contributed by atoms with Crippen LogP contribution in [0.3, 0.4) is 0 Å². The van der Waals surface area contributed by atoms with Crippen molar-refractivity contribution in [3.8, 4) is 0 Å². The molecule has 2 aromatic rings. The largest absolute Gasteiger partial charge is 0.340 e. The summed E-state index contributed by atoms with van der Waals surface area (Å²) in [6, 6.07) is 6.64. The van der Waals surface area contributed by atoms with E-state index in [1.807, 2.05) is 39.8 Å². The second kappa shape index (κ2) is 7.32. The SMILES string of the molecule is Cc1nnc(NC(=O)C(NC(=O)c2ccccc2C)C(C)C)s1. The van der Waals surface area contributed by atoms with Gasteiger partial charge in [0.2, 0.25) is 11.0 Å². The van der Waals surface area contributed by atoms with Crippen molar-refractivity contribution >= 4 is 28.3 Å². The van der Waals surface area contributed by atoms with Crippen molar-refractivity contribution in [1.82, 2.24) is 15.5 Å². The number of hydrogen-bond donors (Lipinski definition) is 2. The number of aryl methyl sites for hydroxylation is 2. The molecule has 1 aromatic heterocycles. The molecule has 7 heteroatoms. The second-order valence-corrected chi connectivity index (χ2v) is 6.81.